The summed E-state index contributed by atoms with van der Waals surface area (Å²) in [4.78, 5) is 9.65. The maximum Gasteiger partial charge on any atom is 0.387 e. The second-order valence-electron chi connectivity index (χ2n) is 5.32. The van der Waals surface area contributed by atoms with Crippen LogP contribution in [0.1, 0.15) is 30.0 Å². The Morgan fingerprint density at radius 1 is 1.41 bits per heavy atom. The van der Waals surface area contributed by atoms with Gasteiger partial charge in [-0.15, -0.1) is 0 Å². The van der Waals surface area contributed by atoms with Gasteiger partial charge in [-0.2, -0.15) is 8.78 Å². The van der Waals surface area contributed by atoms with E-state index in [-0.39, 0.29) is 11.8 Å². The summed E-state index contributed by atoms with van der Waals surface area (Å²) in [6.45, 7) is -1.35. The summed E-state index contributed by atoms with van der Waals surface area (Å²) < 4.78 is 29.1. The van der Waals surface area contributed by atoms with Gasteiger partial charge < -0.3 is 10.1 Å². The molecular weight excluding hydrogens is 292 g/mol. The van der Waals surface area contributed by atoms with Crippen molar-refractivity contribution >= 4 is 5.96 Å². The Morgan fingerprint density at radius 2 is 2.27 bits per heavy atom. The molecule has 5 nitrogen and oxygen atoms in total. The molecule has 0 fully saturated rings. The smallest absolute Gasteiger partial charge is 0.387 e. The third kappa shape index (κ3) is 3.14. The minimum Gasteiger partial charge on any atom is -0.435 e. The normalized spacial score (nSPS) is 20.8. The number of nitrogens with zero attached hydrogens (tertiary/aromatic N) is 2. The zero-order valence-corrected chi connectivity index (χ0v) is 12.4. The van der Waals surface area contributed by atoms with E-state index >= 15 is 0 Å². The summed E-state index contributed by atoms with van der Waals surface area (Å²) in [7, 11) is 1.62. The highest BCUT2D eigenvalue weighted by atomic mass is 19.3. The van der Waals surface area contributed by atoms with E-state index in [0.717, 1.165) is 42.9 Å². The van der Waals surface area contributed by atoms with E-state index in [1.807, 2.05) is 6.07 Å². The van der Waals surface area contributed by atoms with Gasteiger partial charge in [-0.1, -0.05) is 6.07 Å². The molecule has 1 unspecified atom stereocenters. The molecule has 1 aromatic rings. The van der Waals surface area contributed by atoms with Crippen molar-refractivity contribution in [3.05, 3.63) is 29.3 Å². The van der Waals surface area contributed by atoms with E-state index in [4.69, 9.17) is 4.84 Å². The number of hydrogen-bond donors (Lipinski definition) is 1. The van der Waals surface area contributed by atoms with Crippen LogP contribution in [-0.2, 0) is 11.3 Å². The van der Waals surface area contributed by atoms with Gasteiger partial charge in [0.15, 0.2) is 0 Å². The van der Waals surface area contributed by atoms with Crippen LogP contribution in [0.2, 0.25) is 0 Å². The van der Waals surface area contributed by atoms with Gasteiger partial charge in [0, 0.05) is 0 Å². The van der Waals surface area contributed by atoms with Crippen molar-refractivity contribution in [1.29, 1.82) is 0 Å². The molecular formula is C15H19F2N3O2. The fourth-order valence-electron chi connectivity index (χ4n) is 3.00. The third-order valence-electron chi connectivity index (χ3n) is 3.98. The van der Waals surface area contributed by atoms with Crippen LogP contribution in [-0.4, -0.2) is 37.8 Å². The third-order valence-corrected chi connectivity index (χ3v) is 3.98. The van der Waals surface area contributed by atoms with E-state index in [2.05, 4.69) is 15.0 Å². The molecule has 1 aliphatic carbocycles. The van der Waals surface area contributed by atoms with E-state index in [0.29, 0.717) is 6.54 Å². The van der Waals surface area contributed by atoms with Gasteiger partial charge in [0.25, 0.3) is 0 Å². The summed E-state index contributed by atoms with van der Waals surface area (Å²) in [5.41, 5.74) is 2.16. The average Bonchev–Trinajstić information content (AvgIpc) is 2.94. The van der Waals surface area contributed by atoms with Crippen LogP contribution >= 0.6 is 0 Å². The lowest BCUT2D eigenvalue weighted by Gasteiger charge is -2.29. The zero-order chi connectivity index (χ0) is 15.5. The molecule has 120 valence electrons. The Kier molecular flexibility index (Phi) is 4.42. The number of halogens is 2. The summed E-state index contributed by atoms with van der Waals surface area (Å²) in [5.74, 6) is 0.944. The first-order chi connectivity index (χ1) is 10.7. The fourth-order valence-corrected chi connectivity index (χ4v) is 3.00. The van der Waals surface area contributed by atoms with Gasteiger partial charge in [-0.05, 0) is 42.5 Å². The number of rotatable bonds is 4. The van der Waals surface area contributed by atoms with E-state index in [1.165, 1.54) is 0 Å². The molecule has 1 aliphatic heterocycles. The van der Waals surface area contributed by atoms with E-state index in [1.54, 1.807) is 24.3 Å². The molecule has 3 rings (SSSR count). The second-order valence-corrected chi connectivity index (χ2v) is 5.32. The Balaban J connectivity index is 1.76. The Morgan fingerprint density at radius 3 is 3.05 bits per heavy atom. The van der Waals surface area contributed by atoms with Gasteiger partial charge in [-0.3, -0.25) is 4.84 Å². The number of hydrogen-bond acceptors (Lipinski definition) is 5. The van der Waals surface area contributed by atoms with Crippen LogP contribution < -0.4 is 10.1 Å². The number of hydroxylamine groups is 2. The SMILES string of the molecule is CON1CCN=C1NC1CCCc2cc(OC(F)F)ccc21. The number of nitrogens with one attached hydrogen (secondary N) is 1. The van der Waals surface area contributed by atoms with Gasteiger partial charge in [-0.25, -0.2) is 10.1 Å². The summed E-state index contributed by atoms with van der Waals surface area (Å²) in [5, 5.41) is 5.12. The Hall–Kier alpha value is -1.89. The number of aryl methyl sites for hydroxylation is 1. The highest BCUT2D eigenvalue weighted by molar-refractivity contribution is 5.81. The Bertz CT molecular complexity index is 566. The lowest BCUT2D eigenvalue weighted by atomic mass is 9.87. The minimum atomic E-state index is -2.79. The van der Waals surface area contributed by atoms with Gasteiger partial charge in [0.05, 0.1) is 26.2 Å². The quantitative estimate of drug-likeness (QED) is 0.928. The van der Waals surface area contributed by atoms with Crippen LogP contribution in [0.15, 0.2) is 23.2 Å². The molecule has 0 spiro atoms. The lowest BCUT2D eigenvalue weighted by molar-refractivity contribution is -0.0587. The predicted octanol–water partition coefficient (Wildman–Crippen LogP) is 2.49. The number of aliphatic imine (C=N–C) groups is 1. The largest absolute Gasteiger partial charge is 0.435 e. The highest BCUT2D eigenvalue weighted by Crippen LogP contribution is 2.32. The fraction of sp³-hybridized carbons (Fsp3) is 0.533. The number of alkyl halides is 2. The van der Waals surface area contributed by atoms with E-state index in [9.17, 15) is 8.78 Å². The van der Waals surface area contributed by atoms with Crippen molar-refractivity contribution in [2.45, 2.75) is 31.9 Å². The molecule has 22 heavy (non-hydrogen) atoms. The standard InChI is InChI=1S/C15H19F2N3O2/c1-21-20-8-7-18-15(20)19-13-4-2-3-10-9-11(22-14(16)17)5-6-12(10)13/h5-6,9,13-14H,2-4,7-8H2,1H3,(H,18,19). The van der Waals surface area contributed by atoms with Crippen molar-refractivity contribution in [3.63, 3.8) is 0 Å². The molecule has 1 aromatic carbocycles. The molecule has 2 aliphatic rings. The molecule has 1 N–H and O–H groups in total. The maximum absolute atomic E-state index is 12.3. The minimum absolute atomic E-state index is 0.110. The average molecular weight is 311 g/mol. The second kappa shape index (κ2) is 6.48. The van der Waals surface area contributed by atoms with Crippen LogP contribution in [0.3, 0.4) is 0 Å². The maximum atomic E-state index is 12.3. The Labute approximate surface area is 127 Å². The number of benzene rings is 1. The first kappa shape index (κ1) is 15.0. The van der Waals surface area contributed by atoms with Crippen LogP contribution in [0, 0.1) is 0 Å². The van der Waals surface area contributed by atoms with Gasteiger partial charge in [0.2, 0.25) is 5.96 Å². The van der Waals surface area contributed by atoms with Crippen molar-refractivity contribution in [3.8, 4) is 5.75 Å². The van der Waals surface area contributed by atoms with Gasteiger partial charge in [0.1, 0.15) is 5.75 Å². The molecule has 0 radical (unpaired) electrons. The number of guanidine groups is 1. The molecule has 1 atom stereocenters. The molecule has 0 bridgehead atoms. The first-order valence-electron chi connectivity index (χ1n) is 7.37. The molecule has 0 saturated carbocycles. The summed E-state index contributed by atoms with van der Waals surface area (Å²) in [6.07, 6.45) is 2.83. The number of fused-ring (bicyclic) bond motifs is 1. The molecule has 0 saturated heterocycles. The monoisotopic (exact) mass is 311 g/mol. The van der Waals surface area contributed by atoms with Crippen LogP contribution in [0.25, 0.3) is 0 Å². The van der Waals surface area contributed by atoms with E-state index < -0.39 is 6.61 Å². The van der Waals surface area contributed by atoms with Crippen LogP contribution in [0.4, 0.5) is 8.78 Å². The molecule has 0 aromatic heterocycles. The van der Waals surface area contributed by atoms with Crippen molar-refractivity contribution < 1.29 is 18.4 Å². The topological polar surface area (TPSA) is 46.1 Å². The summed E-state index contributed by atoms with van der Waals surface area (Å²) >= 11 is 0. The molecule has 7 heteroatoms. The van der Waals surface area contributed by atoms with Crippen molar-refractivity contribution in [2.75, 3.05) is 20.2 Å². The zero-order valence-electron chi connectivity index (χ0n) is 12.4. The van der Waals surface area contributed by atoms with Crippen molar-refractivity contribution in [2.24, 2.45) is 4.99 Å². The van der Waals surface area contributed by atoms with Crippen LogP contribution in [0.5, 0.6) is 5.75 Å². The van der Waals surface area contributed by atoms with Gasteiger partial charge >= 0.3 is 6.61 Å². The lowest BCUT2D eigenvalue weighted by Crippen LogP contribution is -2.40. The first-order valence-corrected chi connectivity index (χ1v) is 7.37. The highest BCUT2D eigenvalue weighted by Gasteiger charge is 2.25. The summed E-state index contributed by atoms with van der Waals surface area (Å²) in [6, 6.07) is 5.27. The molecule has 1 heterocycles. The molecule has 0 amide bonds. The number of ether oxygens (including phenoxy) is 1. The van der Waals surface area contributed by atoms with Crippen molar-refractivity contribution in [1.82, 2.24) is 10.4 Å². The predicted molar refractivity (Wildman–Crippen MR) is 77.9 cm³/mol.